The fraction of sp³-hybridized carbons (Fsp3) is 0.538. The number of halogens is 2. The molecule has 0 spiro atoms. The smallest absolute Gasteiger partial charge is 0.259 e. The van der Waals surface area contributed by atoms with Gasteiger partial charge in [0.1, 0.15) is 5.56 Å². The number of rotatable bonds is 1. The molecule has 0 bridgehead atoms. The highest BCUT2D eigenvalue weighted by Gasteiger charge is 2.36. The second kappa shape index (κ2) is 4.75. The summed E-state index contributed by atoms with van der Waals surface area (Å²) < 4.78 is 27.7. The van der Waals surface area contributed by atoms with E-state index in [1.807, 2.05) is 0 Å². The molecule has 1 saturated heterocycles. The molecule has 0 unspecified atom stereocenters. The Hall–Kier alpha value is -1.72. The molecule has 4 nitrogen and oxygen atoms in total. The van der Waals surface area contributed by atoms with Crippen molar-refractivity contribution in [1.29, 1.82) is 0 Å². The van der Waals surface area contributed by atoms with Gasteiger partial charge in [-0.15, -0.1) is 0 Å². The van der Waals surface area contributed by atoms with Gasteiger partial charge in [-0.05, 0) is 6.92 Å². The molecule has 0 atom stereocenters. The van der Waals surface area contributed by atoms with Crippen LogP contribution in [0.25, 0.3) is 0 Å². The van der Waals surface area contributed by atoms with E-state index in [-0.39, 0.29) is 36.9 Å². The molecule has 0 saturated carbocycles. The van der Waals surface area contributed by atoms with E-state index in [1.54, 1.807) is 18.5 Å². The molecule has 1 aliphatic rings. The van der Waals surface area contributed by atoms with Gasteiger partial charge in [-0.25, -0.2) is 8.78 Å². The predicted octanol–water partition coefficient (Wildman–Crippen LogP) is 1.57. The van der Waals surface area contributed by atoms with Gasteiger partial charge in [0.2, 0.25) is 0 Å². The lowest BCUT2D eigenvalue weighted by atomic mass is 10.1. The third-order valence-corrected chi connectivity index (χ3v) is 3.50. The summed E-state index contributed by atoms with van der Waals surface area (Å²) in [5.74, 6) is -3.16. The largest absolute Gasteiger partial charge is 0.354 e. The van der Waals surface area contributed by atoms with Crippen molar-refractivity contribution in [2.24, 2.45) is 7.05 Å². The maximum absolute atomic E-state index is 13.0. The molecule has 0 aliphatic carbocycles. The summed E-state index contributed by atoms with van der Waals surface area (Å²) in [5, 5.41) is 0. The molecule has 6 heteroatoms. The second-order valence-corrected chi connectivity index (χ2v) is 4.95. The van der Waals surface area contributed by atoms with Gasteiger partial charge in [0.15, 0.2) is 5.43 Å². The number of carbonyl (C=O) groups is 1. The van der Waals surface area contributed by atoms with Crippen LogP contribution in [0.4, 0.5) is 8.78 Å². The quantitative estimate of drug-likeness (QED) is 0.777. The van der Waals surface area contributed by atoms with E-state index < -0.39 is 11.8 Å². The summed E-state index contributed by atoms with van der Waals surface area (Å²) in [4.78, 5) is 25.3. The van der Waals surface area contributed by atoms with Crippen molar-refractivity contribution < 1.29 is 13.6 Å². The minimum Gasteiger partial charge on any atom is -0.354 e. The van der Waals surface area contributed by atoms with Crippen LogP contribution in [-0.4, -0.2) is 34.4 Å². The van der Waals surface area contributed by atoms with Gasteiger partial charge in [-0.3, -0.25) is 9.59 Å². The second-order valence-electron chi connectivity index (χ2n) is 4.95. The third kappa shape index (κ3) is 2.83. The molecule has 19 heavy (non-hydrogen) atoms. The Bertz CT molecular complexity index is 556. The zero-order valence-corrected chi connectivity index (χ0v) is 10.9. The summed E-state index contributed by atoms with van der Waals surface area (Å²) in [6, 6.07) is 1.38. The molecular weight excluding hydrogens is 254 g/mol. The maximum atomic E-state index is 13.0. The van der Waals surface area contributed by atoms with Crippen LogP contribution in [0.3, 0.4) is 0 Å². The van der Waals surface area contributed by atoms with E-state index in [0.717, 1.165) is 5.69 Å². The lowest BCUT2D eigenvalue weighted by Gasteiger charge is -2.31. The Balaban J connectivity index is 2.22. The van der Waals surface area contributed by atoms with Crippen LogP contribution in [0, 0.1) is 6.92 Å². The number of carbonyl (C=O) groups excluding carboxylic acids is 1. The van der Waals surface area contributed by atoms with Gasteiger partial charge < -0.3 is 9.47 Å². The van der Waals surface area contributed by atoms with Crippen molar-refractivity contribution in [3.63, 3.8) is 0 Å². The fourth-order valence-electron chi connectivity index (χ4n) is 2.10. The van der Waals surface area contributed by atoms with Crippen LogP contribution in [0.2, 0.25) is 0 Å². The van der Waals surface area contributed by atoms with Crippen LogP contribution in [0.1, 0.15) is 28.9 Å². The van der Waals surface area contributed by atoms with Crippen LogP contribution in [0.5, 0.6) is 0 Å². The number of likely N-dealkylation sites (tertiary alicyclic amines) is 1. The average Bonchev–Trinajstić information content (AvgIpc) is 2.33. The molecule has 1 aromatic heterocycles. The first-order valence-corrected chi connectivity index (χ1v) is 6.14. The molecule has 0 aromatic carbocycles. The van der Waals surface area contributed by atoms with Crippen molar-refractivity contribution in [1.82, 2.24) is 9.47 Å². The highest BCUT2D eigenvalue weighted by Crippen LogP contribution is 2.28. The molecule has 0 N–H and O–H groups in total. The van der Waals surface area contributed by atoms with Crippen LogP contribution in [-0.2, 0) is 7.05 Å². The lowest BCUT2D eigenvalue weighted by molar-refractivity contribution is -0.0494. The zero-order chi connectivity index (χ0) is 14.2. The number of hydrogen-bond acceptors (Lipinski definition) is 2. The number of pyridine rings is 1. The van der Waals surface area contributed by atoms with Crippen molar-refractivity contribution in [3.05, 3.63) is 33.7 Å². The summed E-state index contributed by atoms with van der Waals surface area (Å²) in [6.45, 7) is 1.74. The minimum absolute atomic E-state index is 0.0110. The van der Waals surface area contributed by atoms with E-state index in [4.69, 9.17) is 0 Å². The van der Waals surface area contributed by atoms with Gasteiger partial charge in [-0.1, -0.05) is 0 Å². The number of amides is 1. The van der Waals surface area contributed by atoms with Crippen molar-refractivity contribution in [3.8, 4) is 0 Å². The molecule has 1 aromatic rings. The van der Waals surface area contributed by atoms with Crippen LogP contribution >= 0.6 is 0 Å². The van der Waals surface area contributed by atoms with Gasteiger partial charge in [0, 0.05) is 50.9 Å². The summed E-state index contributed by atoms with van der Waals surface area (Å²) in [5.41, 5.74) is 0.419. The standard InChI is InChI=1S/C13H16F2N2O2/c1-9-7-11(18)10(8-16(9)2)12(19)17-5-3-13(14,15)4-6-17/h7-8H,3-6H2,1-2H3. The molecule has 0 radical (unpaired) electrons. The van der Waals surface area contributed by atoms with Gasteiger partial charge >= 0.3 is 0 Å². The SMILES string of the molecule is Cc1cc(=O)c(C(=O)N2CCC(F)(F)CC2)cn1C. The molecule has 2 heterocycles. The molecule has 1 amide bonds. The number of aryl methyl sites for hydroxylation is 2. The highest BCUT2D eigenvalue weighted by molar-refractivity contribution is 5.93. The summed E-state index contributed by atoms with van der Waals surface area (Å²) in [6.07, 6.45) is 0.780. The van der Waals surface area contributed by atoms with E-state index in [0.29, 0.717) is 0 Å². The first kappa shape index (κ1) is 13.7. The van der Waals surface area contributed by atoms with Crippen molar-refractivity contribution in [2.75, 3.05) is 13.1 Å². The van der Waals surface area contributed by atoms with Crippen molar-refractivity contribution in [2.45, 2.75) is 25.7 Å². The maximum Gasteiger partial charge on any atom is 0.259 e. The van der Waals surface area contributed by atoms with Crippen molar-refractivity contribution >= 4 is 5.91 Å². The first-order chi connectivity index (χ1) is 8.80. The first-order valence-electron chi connectivity index (χ1n) is 6.14. The topological polar surface area (TPSA) is 42.3 Å². The number of alkyl halides is 2. The Labute approximate surface area is 109 Å². The Morgan fingerprint density at radius 1 is 1.32 bits per heavy atom. The van der Waals surface area contributed by atoms with Crippen LogP contribution < -0.4 is 5.43 Å². The van der Waals surface area contributed by atoms with Gasteiger partial charge in [-0.2, -0.15) is 0 Å². The average molecular weight is 270 g/mol. The Kier molecular flexibility index (Phi) is 3.43. The van der Waals surface area contributed by atoms with E-state index >= 15 is 0 Å². The van der Waals surface area contributed by atoms with Gasteiger partial charge in [0.25, 0.3) is 11.8 Å². The summed E-state index contributed by atoms with van der Waals surface area (Å²) >= 11 is 0. The number of nitrogens with zero attached hydrogens (tertiary/aromatic N) is 2. The molecule has 1 aliphatic heterocycles. The fourth-order valence-corrected chi connectivity index (χ4v) is 2.10. The van der Waals surface area contributed by atoms with E-state index in [2.05, 4.69) is 0 Å². The normalized spacial score (nSPS) is 18.4. The monoisotopic (exact) mass is 270 g/mol. The Morgan fingerprint density at radius 2 is 1.89 bits per heavy atom. The number of piperidine rings is 1. The molecule has 104 valence electrons. The minimum atomic E-state index is -2.70. The number of hydrogen-bond donors (Lipinski definition) is 0. The summed E-state index contributed by atoms with van der Waals surface area (Å²) in [7, 11) is 1.73. The predicted molar refractivity (Wildman–Crippen MR) is 66.5 cm³/mol. The molecule has 2 rings (SSSR count). The highest BCUT2D eigenvalue weighted by atomic mass is 19.3. The molecular formula is C13H16F2N2O2. The zero-order valence-electron chi connectivity index (χ0n) is 10.9. The van der Waals surface area contributed by atoms with E-state index in [1.165, 1.54) is 17.2 Å². The van der Waals surface area contributed by atoms with Crippen LogP contribution in [0.15, 0.2) is 17.1 Å². The van der Waals surface area contributed by atoms with E-state index in [9.17, 15) is 18.4 Å². The lowest BCUT2D eigenvalue weighted by Crippen LogP contribution is -2.44. The number of aromatic nitrogens is 1. The van der Waals surface area contributed by atoms with Gasteiger partial charge in [0.05, 0.1) is 0 Å². The third-order valence-electron chi connectivity index (χ3n) is 3.50. The Morgan fingerprint density at radius 3 is 2.47 bits per heavy atom. The molecule has 1 fully saturated rings.